The van der Waals surface area contributed by atoms with Gasteiger partial charge in [0.2, 0.25) is 11.8 Å². The van der Waals surface area contributed by atoms with Crippen molar-refractivity contribution in [3.05, 3.63) is 59.2 Å². The van der Waals surface area contributed by atoms with Crippen LogP contribution in [0.4, 0.5) is 5.69 Å². The summed E-state index contributed by atoms with van der Waals surface area (Å²) in [6.07, 6.45) is 4.15. The van der Waals surface area contributed by atoms with E-state index in [1.165, 1.54) is 37.9 Å². The third-order valence-corrected chi connectivity index (χ3v) is 6.47. The fourth-order valence-electron chi connectivity index (χ4n) is 4.60. The lowest BCUT2D eigenvalue weighted by Crippen LogP contribution is -2.32. The summed E-state index contributed by atoms with van der Waals surface area (Å²) in [4.78, 5) is 29.6. The zero-order valence-corrected chi connectivity index (χ0v) is 19.1. The minimum atomic E-state index is -0.355. The molecule has 2 amide bonds. The van der Waals surface area contributed by atoms with Crippen molar-refractivity contribution in [1.29, 1.82) is 0 Å². The Hall–Kier alpha value is -2.86. The molecular formula is C26H33N3O3. The number of carbonyl (C=O) groups is 2. The van der Waals surface area contributed by atoms with E-state index in [1.54, 1.807) is 12.0 Å². The number of ether oxygens (including phenoxy) is 1. The van der Waals surface area contributed by atoms with Gasteiger partial charge >= 0.3 is 0 Å². The zero-order chi connectivity index (χ0) is 22.5. The number of aryl methyl sites for hydroxylation is 1. The molecule has 2 aromatic carbocycles. The zero-order valence-electron chi connectivity index (χ0n) is 19.1. The second kappa shape index (κ2) is 10.2. The maximum Gasteiger partial charge on any atom is 0.227 e. The molecule has 1 unspecified atom stereocenters. The largest absolute Gasteiger partial charge is 0.495 e. The van der Waals surface area contributed by atoms with Gasteiger partial charge in [0.1, 0.15) is 5.75 Å². The number of benzene rings is 2. The molecule has 4 rings (SSSR count). The van der Waals surface area contributed by atoms with Gasteiger partial charge in [-0.05, 0) is 61.7 Å². The molecule has 2 aromatic rings. The fraction of sp³-hybridized carbons (Fsp3) is 0.462. The summed E-state index contributed by atoms with van der Waals surface area (Å²) >= 11 is 0. The first-order valence-electron chi connectivity index (χ1n) is 11.6. The number of nitrogens with one attached hydrogen (secondary N) is 1. The molecule has 1 N–H and O–H groups in total. The van der Waals surface area contributed by atoms with E-state index in [0.29, 0.717) is 18.8 Å². The highest BCUT2D eigenvalue weighted by atomic mass is 16.5. The quantitative estimate of drug-likeness (QED) is 0.721. The van der Waals surface area contributed by atoms with E-state index in [1.807, 2.05) is 25.1 Å². The SMILES string of the molecule is COc1ccc(C)cc1N1CC(C(=O)NCc2ccc(CN3CCCCC3)cc2)CC1=O. The summed E-state index contributed by atoms with van der Waals surface area (Å²) in [6.45, 7) is 6.19. The molecule has 2 heterocycles. The summed E-state index contributed by atoms with van der Waals surface area (Å²) < 4.78 is 5.42. The van der Waals surface area contributed by atoms with Crippen LogP contribution in [0.25, 0.3) is 0 Å². The van der Waals surface area contributed by atoms with Gasteiger partial charge in [0.05, 0.1) is 18.7 Å². The molecular weight excluding hydrogens is 402 g/mol. The summed E-state index contributed by atoms with van der Waals surface area (Å²) in [6, 6.07) is 14.2. The molecule has 6 nitrogen and oxygen atoms in total. The monoisotopic (exact) mass is 435 g/mol. The molecule has 0 aromatic heterocycles. The van der Waals surface area contributed by atoms with Crippen molar-refractivity contribution < 1.29 is 14.3 Å². The number of likely N-dealkylation sites (tertiary alicyclic amines) is 1. The van der Waals surface area contributed by atoms with E-state index >= 15 is 0 Å². The van der Waals surface area contributed by atoms with Crippen LogP contribution in [0.15, 0.2) is 42.5 Å². The van der Waals surface area contributed by atoms with E-state index < -0.39 is 0 Å². The predicted octanol–water partition coefficient (Wildman–Crippen LogP) is 3.66. The molecule has 2 saturated heterocycles. The first-order chi connectivity index (χ1) is 15.5. The molecule has 170 valence electrons. The number of hydrogen-bond acceptors (Lipinski definition) is 4. The van der Waals surface area contributed by atoms with Gasteiger partial charge in [0.15, 0.2) is 0 Å². The van der Waals surface area contributed by atoms with Crippen LogP contribution < -0.4 is 15.0 Å². The lowest BCUT2D eigenvalue weighted by atomic mass is 10.1. The molecule has 2 fully saturated rings. The first-order valence-corrected chi connectivity index (χ1v) is 11.6. The first kappa shape index (κ1) is 22.3. The summed E-state index contributed by atoms with van der Waals surface area (Å²) in [5.74, 6) is 0.168. The highest BCUT2D eigenvalue weighted by Crippen LogP contribution is 2.34. The van der Waals surface area contributed by atoms with Crippen LogP contribution in [0.3, 0.4) is 0 Å². The van der Waals surface area contributed by atoms with E-state index in [4.69, 9.17) is 4.74 Å². The average molecular weight is 436 g/mol. The topological polar surface area (TPSA) is 61.9 Å². The number of rotatable bonds is 7. The van der Waals surface area contributed by atoms with E-state index in [-0.39, 0.29) is 24.2 Å². The van der Waals surface area contributed by atoms with Crippen molar-refractivity contribution in [1.82, 2.24) is 10.2 Å². The highest BCUT2D eigenvalue weighted by molar-refractivity contribution is 6.01. The Balaban J connectivity index is 1.31. The maximum absolute atomic E-state index is 12.8. The van der Waals surface area contributed by atoms with Crippen LogP contribution in [-0.2, 0) is 22.7 Å². The van der Waals surface area contributed by atoms with E-state index in [2.05, 4.69) is 34.5 Å². The van der Waals surface area contributed by atoms with Crippen LogP contribution in [0.5, 0.6) is 5.75 Å². The number of anilines is 1. The maximum atomic E-state index is 12.8. The Morgan fingerprint density at radius 1 is 1.06 bits per heavy atom. The smallest absolute Gasteiger partial charge is 0.227 e. The molecule has 2 aliphatic rings. The minimum absolute atomic E-state index is 0.0453. The van der Waals surface area contributed by atoms with Crippen LogP contribution in [0.1, 0.15) is 42.4 Å². The molecule has 2 aliphatic heterocycles. The van der Waals surface area contributed by atoms with Crippen LogP contribution in [-0.4, -0.2) is 43.5 Å². The van der Waals surface area contributed by atoms with Gasteiger partial charge in [0, 0.05) is 26.1 Å². The third-order valence-electron chi connectivity index (χ3n) is 6.47. The number of piperidine rings is 1. The van der Waals surface area contributed by atoms with Gasteiger partial charge in [0.25, 0.3) is 0 Å². The van der Waals surface area contributed by atoms with E-state index in [9.17, 15) is 9.59 Å². The Kier molecular flexibility index (Phi) is 7.10. The Bertz CT molecular complexity index is 951. The van der Waals surface area contributed by atoms with Crippen molar-refractivity contribution in [2.24, 2.45) is 5.92 Å². The van der Waals surface area contributed by atoms with Crippen LogP contribution in [0.2, 0.25) is 0 Å². The van der Waals surface area contributed by atoms with Crippen molar-refractivity contribution in [2.75, 3.05) is 31.6 Å². The van der Waals surface area contributed by atoms with Crippen molar-refractivity contribution in [3.63, 3.8) is 0 Å². The second-order valence-corrected chi connectivity index (χ2v) is 8.95. The molecule has 32 heavy (non-hydrogen) atoms. The molecule has 1 atom stereocenters. The molecule has 0 radical (unpaired) electrons. The van der Waals surface area contributed by atoms with Crippen molar-refractivity contribution >= 4 is 17.5 Å². The average Bonchev–Trinajstić information content (AvgIpc) is 3.20. The lowest BCUT2D eigenvalue weighted by molar-refractivity contribution is -0.126. The molecule has 6 heteroatoms. The molecule has 0 aliphatic carbocycles. The van der Waals surface area contributed by atoms with Crippen molar-refractivity contribution in [2.45, 2.75) is 45.7 Å². The Morgan fingerprint density at radius 2 is 1.78 bits per heavy atom. The third kappa shape index (κ3) is 5.30. The Morgan fingerprint density at radius 3 is 2.50 bits per heavy atom. The van der Waals surface area contributed by atoms with Gasteiger partial charge in [-0.2, -0.15) is 0 Å². The highest BCUT2D eigenvalue weighted by Gasteiger charge is 2.36. The minimum Gasteiger partial charge on any atom is -0.495 e. The van der Waals surface area contributed by atoms with Crippen LogP contribution >= 0.6 is 0 Å². The Labute approximate surface area is 190 Å². The number of carbonyl (C=O) groups excluding carboxylic acids is 2. The summed E-state index contributed by atoms with van der Waals surface area (Å²) in [7, 11) is 1.59. The predicted molar refractivity (Wildman–Crippen MR) is 126 cm³/mol. The van der Waals surface area contributed by atoms with Crippen LogP contribution in [0, 0.1) is 12.8 Å². The second-order valence-electron chi connectivity index (χ2n) is 8.95. The normalized spacial score (nSPS) is 19.2. The van der Waals surface area contributed by atoms with Crippen molar-refractivity contribution in [3.8, 4) is 5.75 Å². The number of hydrogen-bond donors (Lipinski definition) is 1. The van der Waals surface area contributed by atoms with Gasteiger partial charge in [-0.15, -0.1) is 0 Å². The number of methoxy groups -OCH3 is 1. The lowest BCUT2D eigenvalue weighted by Gasteiger charge is -2.26. The summed E-state index contributed by atoms with van der Waals surface area (Å²) in [5.41, 5.74) is 4.16. The number of amides is 2. The standard InChI is InChI=1S/C26H33N3O3/c1-19-6-11-24(32-2)23(14-19)29-18-22(15-25(29)30)26(31)27-16-20-7-9-21(10-8-20)17-28-12-4-3-5-13-28/h6-11,14,22H,3-5,12-13,15-18H2,1-2H3,(H,27,31). The van der Waals surface area contributed by atoms with Gasteiger partial charge < -0.3 is 15.0 Å². The van der Waals surface area contributed by atoms with Gasteiger partial charge in [-0.1, -0.05) is 36.8 Å². The van der Waals surface area contributed by atoms with Gasteiger partial charge in [-0.25, -0.2) is 0 Å². The number of nitrogens with zero attached hydrogens (tertiary/aromatic N) is 2. The summed E-state index contributed by atoms with van der Waals surface area (Å²) in [5, 5.41) is 3.01. The molecule has 0 saturated carbocycles. The fourth-order valence-corrected chi connectivity index (χ4v) is 4.60. The molecule has 0 spiro atoms. The van der Waals surface area contributed by atoms with Gasteiger partial charge in [-0.3, -0.25) is 14.5 Å². The van der Waals surface area contributed by atoms with E-state index in [0.717, 1.165) is 23.4 Å². The molecule has 0 bridgehead atoms.